The molecule has 3 rings (SSSR count). The zero-order chi connectivity index (χ0) is 29.0. The molecule has 0 fully saturated rings. The Kier molecular flexibility index (Phi) is 13.0. The molecule has 1 N–H and O–H groups in total. The summed E-state index contributed by atoms with van der Waals surface area (Å²) in [5, 5.41) is 11.6. The molecular formula is C35H52N2O2S. The summed E-state index contributed by atoms with van der Waals surface area (Å²) in [6.45, 7) is 15.2. The number of aliphatic hydroxyl groups is 1. The third-order valence-electron chi connectivity index (χ3n) is 7.93. The van der Waals surface area contributed by atoms with E-state index in [-0.39, 0.29) is 11.5 Å². The van der Waals surface area contributed by atoms with Crippen molar-refractivity contribution >= 4 is 34.5 Å². The second-order valence-corrected chi connectivity index (χ2v) is 12.4. The van der Waals surface area contributed by atoms with Crippen LogP contribution in [-0.2, 0) is 9.54 Å². The van der Waals surface area contributed by atoms with Crippen LogP contribution in [0.1, 0.15) is 104 Å². The van der Waals surface area contributed by atoms with Gasteiger partial charge in [0.1, 0.15) is 5.76 Å². The number of anilines is 2. The van der Waals surface area contributed by atoms with Crippen LogP contribution in [0.25, 0.3) is 5.57 Å². The summed E-state index contributed by atoms with van der Waals surface area (Å²) in [6.07, 6.45) is 10.3. The van der Waals surface area contributed by atoms with Crippen molar-refractivity contribution in [2.45, 2.75) is 97.2 Å². The fourth-order valence-electron chi connectivity index (χ4n) is 5.39. The summed E-state index contributed by atoms with van der Waals surface area (Å²) in [4.78, 5) is 18.8. The molecule has 0 spiro atoms. The highest BCUT2D eigenvalue weighted by atomic mass is 32.2. The Labute approximate surface area is 248 Å². The van der Waals surface area contributed by atoms with Crippen molar-refractivity contribution in [1.82, 2.24) is 0 Å². The highest BCUT2D eigenvalue weighted by Gasteiger charge is 2.56. The molecule has 0 saturated carbocycles. The molecule has 0 radical (unpaired) electrons. The minimum Gasteiger partial charge on any atom is -0.509 e. The maximum atomic E-state index is 13.9. The Bertz CT molecular complexity index is 1060. The van der Waals surface area contributed by atoms with Gasteiger partial charge in [-0.3, -0.25) is 4.79 Å². The Balaban J connectivity index is 1.90. The quantitative estimate of drug-likeness (QED) is 0.184. The third-order valence-corrected chi connectivity index (χ3v) is 9.59. The Morgan fingerprint density at radius 2 is 1.07 bits per heavy atom. The largest absolute Gasteiger partial charge is 0.509 e. The molecule has 1 aliphatic carbocycles. The van der Waals surface area contributed by atoms with Crippen LogP contribution < -0.4 is 9.80 Å². The minimum absolute atomic E-state index is 0.0200. The first kappa shape index (κ1) is 32.1. The highest BCUT2D eigenvalue weighted by Crippen LogP contribution is 2.55. The number of allylic oxidation sites excluding steroid dienone is 1. The number of Topliss-reactive ketones (excluding diaryl/α,β-unsaturated/α-hetero) is 1. The number of thioether (sulfide) groups is 1. The molecule has 0 aromatic heterocycles. The number of hydrogen-bond acceptors (Lipinski definition) is 5. The summed E-state index contributed by atoms with van der Waals surface area (Å²) >= 11 is 1.57. The Morgan fingerprint density at radius 1 is 0.650 bits per heavy atom. The van der Waals surface area contributed by atoms with Gasteiger partial charge in [-0.15, -0.1) is 11.8 Å². The van der Waals surface area contributed by atoms with Crippen molar-refractivity contribution in [3.63, 3.8) is 0 Å². The number of carbonyl (C=O) groups is 1. The number of hydrogen-bond donors (Lipinski definition) is 1. The van der Waals surface area contributed by atoms with E-state index in [1.54, 1.807) is 11.8 Å². The van der Waals surface area contributed by atoms with E-state index in [9.17, 15) is 9.90 Å². The summed E-state index contributed by atoms with van der Waals surface area (Å²) in [7, 11) is 0. The number of carbonyl (C=O) groups excluding carboxylic acids is 1. The molecule has 2 aromatic rings. The molecule has 4 nitrogen and oxygen atoms in total. The van der Waals surface area contributed by atoms with E-state index in [4.69, 9.17) is 0 Å². The SMILES string of the molecule is CCCCN(CCCC)c1ccc(C2=C(O)C(SCCC)(c3ccc(N(CCCC)CCCC)cc3)C2=O)cc1. The van der Waals surface area contributed by atoms with E-state index in [0.29, 0.717) is 5.57 Å². The van der Waals surface area contributed by atoms with Crippen molar-refractivity contribution in [1.29, 1.82) is 0 Å². The van der Waals surface area contributed by atoms with Crippen LogP contribution in [0.3, 0.4) is 0 Å². The number of nitrogens with zero attached hydrogens (tertiary/aromatic N) is 2. The van der Waals surface area contributed by atoms with Gasteiger partial charge in [0.05, 0.1) is 5.57 Å². The molecule has 1 atom stereocenters. The predicted molar refractivity (Wildman–Crippen MR) is 176 cm³/mol. The first-order valence-electron chi connectivity index (χ1n) is 15.8. The van der Waals surface area contributed by atoms with Crippen LogP contribution in [-0.4, -0.2) is 42.8 Å². The topological polar surface area (TPSA) is 43.8 Å². The Hall–Kier alpha value is -2.40. The second kappa shape index (κ2) is 16.1. The molecule has 1 aliphatic rings. The van der Waals surface area contributed by atoms with Gasteiger partial charge >= 0.3 is 0 Å². The normalized spacial score (nSPS) is 16.8. The Morgan fingerprint density at radius 3 is 1.45 bits per heavy atom. The van der Waals surface area contributed by atoms with E-state index in [2.05, 4.69) is 80.8 Å². The van der Waals surface area contributed by atoms with E-state index >= 15 is 0 Å². The summed E-state index contributed by atoms with van der Waals surface area (Å²) < 4.78 is -1.01. The van der Waals surface area contributed by atoms with Crippen molar-refractivity contribution in [2.75, 3.05) is 41.7 Å². The standard InChI is InChI=1S/C35H52N2O2S/c1-6-11-23-36(24-12-7-2)30-19-15-28(16-20-30)32-33(38)35(34(32)39,40-27-10-5)29-17-21-31(22-18-29)37(25-13-8-3)26-14-9-4/h15-22,38H,6-14,23-27H2,1-5H3. The van der Waals surface area contributed by atoms with Gasteiger partial charge in [0.15, 0.2) is 10.5 Å². The van der Waals surface area contributed by atoms with Gasteiger partial charge in [0, 0.05) is 37.6 Å². The van der Waals surface area contributed by atoms with Gasteiger partial charge in [0.25, 0.3) is 0 Å². The highest BCUT2D eigenvalue weighted by molar-refractivity contribution is 8.01. The number of unbranched alkanes of at least 4 members (excludes halogenated alkanes) is 4. The van der Waals surface area contributed by atoms with E-state index in [1.165, 1.54) is 62.7 Å². The maximum Gasteiger partial charge on any atom is 0.195 e. The van der Waals surface area contributed by atoms with Gasteiger partial charge in [-0.25, -0.2) is 0 Å². The molecule has 1 unspecified atom stereocenters. The molecule has 0 amide bonds. The monoisotopic (exact) mass is 564 g/mol. The molecule has 0 heterocycles. The van der Waals surface area contributed by atoms with Crippen LogP contribution in [0.2, 0.25) is 0 Å². The van der Waals surface area contributed by atoms with Crippen LogP contribution in [0.15, 0.2) is 54.3 Å². The number of rotatable bonds is 19. The fourth-order valence-corrected chi connectivity index (χ4v) is 6.68. The van der Waals surface area contributed by atoms with E-state index in [1.807, 2.05) is 12.1 Å². The fraction of sp³-hybridized carbons (Fsp3) is 0.571. The van der Waals surface area contributed by atoms with Gasteiger partial charge in [-0.2, -0.15) is 0 Å². The lowest BCUT2D eigenvalue weighted by Gasteiger charge is -2.41. The smallest absolute Gasteiger partial charge is 0.195 e. The number of aliphatic hydroxyl groups excluding tert-OH is 1. The average molecular weight is 565 g/mol. The summed E-state index contributed by atoms with van der Waals surface area (Å²) in [5.74, 6) is 1.04. The minimum atomic E-state index is -1.01. The molecule has 0 saturated heterocycles. The summed E-state index contributed by atoms with van der Waals surface area (Å²) in [5.41, 5.74) is 4.56. The first-order valence-corrected chi connectivity index (χ1v) is 16.8. The van der Waals surface area contributed by atoms with Crippen molar-refractivity contribution in [3.8, 4) is 0 Å². The van der Waals surface area contributed by atoms with Crippen molar-refractivity contribution in [3.05, 3.63) is 65.4 Å². The van der Waals surface area contributed by atoms with Gasteiger partial charge in [-0.05, 0) is 73.2 Å². The lowest BCUT2D eigenvalue weighted by molar-refractivity contribution is -0.118. The first-order chi connectivity index (χ1) is 19.5. The zero-order valence-electron chi connectivity index (χ0n) is 25.7. The van der Waals surface area contributed by atoms with E-state index in [0.717, 1.165) is 49.5 Å². The number of benzene rings is 2. The maximum absolute atomic E-state index is 13.9. The summed E-state index contributed by atoms with van der Waals surface area (Å²) in [6, 6.07) is 16.7. The van der Waals surface area contributed by atoms with Crippen LogP contribution in [0, 0.1) is 0 Å². The molecular weight excluding hydrogens is 512 g/mol. The average Bonchev–Trinajstić information content (AvgIpc) is 2.98. The van der Waals surface area contributed by atoms with Gasteiger partial charge in [-0.1, -0.05) is 84.6 Å². The van der Waals surface area contributed by atoms with E-state index < -0.39 is 4.75 Å². The zero-order valence-corrected chi connectivity index (χ0v) is 26.5. The van der Waals surface area contributed by atoms with Gasteiger partial charge in [0.2, 0.25) is 0 Å². The molecule has 0 bridgehead atoms. The van der Waals surface area contributed by atoms with Crippen molar-refractivity contribution in [2.24, 2.45) is 0 Å². The van der Waals surface area contributed by atoms with Crippen molar-refractivity contribution < 1.29 is 9.90 Å². The van der Waals surface area contributed by atoms with Crippen LogP contribution in [0.4, 0.5) is 11.4 Å². The lowest BCUT2D eigenvalue weighted by atomic mass is 9.74. The molecule has 0 aliphatic heterocycles. The molecule has 220 valence electrons. The van der Waals surface area contributed by atoms with Crippen LogP contribution in [0.5, 0.6) is 0 Å². The second-order valence-electron chi connectivity index (χ2n) is 11.1. The third kappa shape index (κ3) is 7.26. The van der Waals surface area contributed by atoms with Crippen LogP contribution >= 0.6 is 11.8 Å². The molecule has 2 aromatic carbocycles. The predicted octanol–water partition coefficient (Wildman–Crippen LogP) is 9.39. The molecule has 5 heteroatoms. The van der Waals surface area contributed by atoms with Gasteiger partial charge < -0.3 is 14.9 Å². The lowest BCUT2D eigenvalue weighted by Crippen LogP contribution is -2.45. The molecule has 40 heavy (non-hydrogen) atoms. The number of ketones is 1.